The minimum atomic E-state index is -4.51. The zero-order valence-corrected chi connectivity index (χ0v) is 7.89. The van der Waals surface area contributed by atoms with Crippen molar-refractivity contribution in [1.82, 2.24) is 10.6 Å². The van der Waals surface area contributed by atoms with Gasteiger partial charge in [0, 0.05) is 0 Å². The van der Waals surface area contributed by atoms with Crippen LogP contribution in [0.1, 0.15) is 13.3 Å². The number of carbonyl (C=O) groups excluding carboxylic acids is 1. The molecule has 0 saturated heterocycles. The molecule has 0 spiro atoms. The highest BCUT2D eigenvalue weighted by atomic mass is 19.4. The number of carboxylic acid groups (broad SMARTS) is 1. The Hall–Kier alpha value is -1.47. The molecule has 0 aromatic heterocycles. The standard InChI is InChI=1S/C7H11F3N2O3/c1-2-4(5(13)14)12-6(15)11-3-7(8,9)10/h4H,2-3H2,1H3,(H,13,14)(H2,11,12,15)/t4-/m0/s1. The lowest BCUT2D eigenvalue weighted by Gasteiger charge is -2.13. The molecular formula is C7H11F3N2O3. The molecule has 0 aromatic carbocycles. The maximum absolute atomic E-state index is 11.6. The fourth-order valence-corrected chi connectivity index (χ4v) is 0.728. The molecule has 3 N–H and O–H groups in total. The van der Waals surface area contributed by atoms with Crippen LogP contribution < -0.4 is 10.6 Å². The van der Waals surface area contributed by atoms with Crippen LogP contribution in [0.3, 0.4) is 0 Å². The van der Waals surface area contributed by atoms with Gasteiger partial charge in [-0.15, -0.1) is 0 Å². The fourth-order valence-electron chi connectivity index (χ4n) is 0.728. The summed E-state index contributed by atoms with van der Waals surface area (Å²) in [7, 11) is 0. The van der Waals surface area contributed by atoms with E-state index in [0.29, 0.717) is 0 Å². The Bertz CT molecular complexity index is 242. The van der Waals surface area contributed by atoms with Crippen LogP contribution in [0.15, 0.2) is 0 Å². The Labute approximate surface area is 83.6 Å². The summed E-state index contributed by atoms with van der Waals surface area (Å²) >= 11 is 0. The van der Waals surface area contributed by atoms with E-state index in [1.165, 1.54) is 12.2 Å². The van der Waals surface area contributed by atoms with Crippen LogP contribution in [0, 0.1) is 0 Å². The number of aliphatic carboxylic acids is 1. The number of hydrogen-bond acceptors (Lipinski definition) is 2. The second-order valence-electron chi connectivity index (χ2n) is 2.74. The minimum absolute atomic E-state index is 0.0920. The van der Waals surface area contributed by atoms with E-state index >= 15 is 0 Å². The van der Waals surface area contributed by atoms with Gasteiger partial charge in [0.25, 0.3) is 0 Å². The predicted molar refractivity (Wildman–Crippen MR) is 44.3 cm³/mol. The number of halogens is 3. The molecule has 0 rings (SSSR count). The highest BCUT2D eigenvalue weighted by Crippen LogP contribution is 2.11. The summed E-state index contributed by atoms with van der Waals surface area (Å²) in [4.78, 5) is 21.2. The van der Waals surface area contributed by atoms with Crippen LogP contribution in [0.2, 0.25) is 0 Å². The van der Waals surface area contributed by atoms with Crippen LogP contribution in [-0.2, 0) is 4.79 Å². The third kappa shape index (κ3) is 6.58. The molecule has 0 saturated carbocycles. The summed E-state index contributed by atoms with van der Waals surface area (Å²) in [5, 5.41) is 11.9. The Morgan fingerprint density at radius 3 is 2.27 bits per heavy atom. The number of rotatable bonds is 4. The number of carboxylic acids is 1. The summed E-state index contributed by atoms with van der Waals surface area (Å²) in [6.45, 7) is -0.00227. The average molecular weight is 228 g/mol. The second-order valence-corrected chi connectivity index (χ2v) is 2.74. The van der Waals surface area contributed by atoms with E-state index in [0.717, 1.165) is 0 Å². The molecule has 0 heterocycles. The van der Waals surface area contributed by atoms with E-state index in [2.05, 4.69) is 0 Å². The van der Waals surface area contributed by atoms with Gasteiger partial charge in [0.15, 0.2) is 0 Å². The number of hydrogen-bond donors (Lipinski definition) is 3. The molecule has 0 bridgehead atoms. The highest BCUT2D eigenvalue weighted by molar-refractivity contribution is 5.82. The molecule has 88 valence electrons. The normalized spacial score (nSPS) is 13.1. The smallest absolute Gasteiger partial charge is 0.405 e. The maximum Gasteiger partial charge on any atom is 0.405 e. The topological polar surface area (TPSA) is 78.4 Å². The average Bonchev–Trinajstić information content (AvgIpc) is 2.09. The Kier molecular flexibility index (Phi) is 4.89. The molecule has 8 heteroatoms. The summed E-state index contributed by atoms with van der Waals surface area (Å²) in [6.07, 6.45) is -4.42. The lowest BCUT2D eigenvalue weighted by Crippen LogP contribution is -2.47. The molecule has 1 atom stereocenters. The molecule has 5 nitrogen and oxygen atoms in total. The Morgan fingerprint density at radius 1 is 1.40 bits per heavy atom. The van der Waals surface area contributed by atoms with Crippen molar-refractivity contribution in [1.29, 1.82) is 0 Å². The van der Waals surface area contributed by atoms with Crippen LogP contribution in [0.5, 0.6) is 0 Å². The number of urea groups is 1. The third-order valence-corrected chi connectivity index (χ3v) is 1.46. The zero-order valence-electron chi connectivity index (χ0n) is 7.89. The Balaban J connectivity index is 3.98. The molecular weight excluding hydrogens is 217 g/mol. The molecule has 0 aliphatic rings. The molecule has 0 aliphatic heterocycles. The number of carbonyl (C=O) groups is 2. The van der Waals surface area contributed by atoms with Crippen LogP contribution in [-0.4, -0.2) is 35.9 Å². The van der Waals surface area contributed by atoms with E-state index in [-0.39, 0.29) is 6.42 Å². The number of amides is 2. The van der Waals surface area contributed by atoms with Gasteiger partial charge in [-0.3, -0.25) is 0 Å². The number of alkyl halides is 3. The maximum atomic E-state index is 11.6. The first kappa shape index (κ1) is 13.5. The molecule has 0 aliphatic carbocycles. The van der Waals surface area contributed by atoms with Gasteiger partial charge in [-0.05, 0) is 6.42 Å². The van der Waals surface area contributed by atoms with E-state index in [9.17, 15) is 22.8 Å². The molecule has 15 heavy (non-hydrogen) atoms. The first-order chi connectivity index (χ1) is 6.76. The summed E-state index contributed by atoms with van der Waals surface area (Å²) < 4.78 is 34.9. The van der Waals surface area contributed by atoms with E-state index < -0.39 is 30.8 Å². The van der Waals surface area contributed by atoms with E-state index in [4.69, 9.17) is 5.11 Å². The van der Waals surface area contributed by atoms with Gasteiger partial charge >= 0.3 is 18.2 Å². The van der Waals surface area contributed by atoms with Crippen LogP contribution in [0.4, 0.5) is 18.0 Å². The SMILES string of the molecule is CC[C@H](NC(=O)NCC(F)(F)F)C(=O)O. The largest absolute Gasteiger partial charge is 0.480 e. The van der Waals surface area contributed by atoms with Crippen molar-refractivity contribution in [3.8, 4) is 0 Å². The van der Waals surface area contributed by atoms with Crippen LogP contribution in [0.25, 0.3) is 0 Å². The van der Waals surface area contributed by atoms with E-state index in [1.807, 2.05) is 5.32 Å². The van der Waals surface area contributed by atoms with Gasteiger partial charge in [0.1, 0.15) is 12.6 Å². The minimum Gasteiger partial charge on any atom is -0.480 e. The Morgan fingerprint density at radius 2 is 1.93 bits per heavy atom. The van der Waals surface area contributed by atoms with Crippen molar-refractivity contribution >= 4 is 12.0 Å². The van der Waals surface area contributed by atoms with Crippen molar-refractivity contribution in [2.24, 2.45) is 0 Å². The lowest BCUT2D eigenvalue weighted by atomic mass is 10.2. The summed E-state index contributed by atoms with van der Waals surface area (Å²) in [6, 6.07) is -2.33. The fraction of sp³-hybridized carbons (Fsp3) is 0.714. The monoisotopic (exact) mass is 228 g/mol. The van der Waals surface area contributed by atoms with Crippen molar-refractivity contribution in [3.63, 3.8) is 0 Å². The molecule has 0 unspecified atom stereocenters. The highest BCUT2D eigenvalue weighted by Gasteiger charge is 2.28. The van der Waals surface area contributed by atoms with Crippen molar-refractivity contribution < 1.29 is 27.9 Å². The molecule has 2 amide bonds. The van der Waals surface area contributed by atoms with Crippen molar-refractivity contribution in [2.75, 3.05) is 6.54 Å². The number of nitrogens with one attached hydrogen (secondary N) is 2. The van der Waals surface area contributed by atoms with Crippen molar-refractivity contribution in [3.05, 3.63) is 0 Å². The van der Waals surface area contributed by atoms with Gasteiger partial charge in [-0.1, -0.05) is 6.92 Å². The third-order valence-electron chi connectivity index (χ3n) is 1.46. The van der Waals surface area contributed by atoms with Gasteiger partial charge in [-0.25, -0.2) is 9.59 Å². The van der Waals surface area contributed by atoms with Gasteiger partial charge in [-0.2, -0.15) is 13.2 Å². The quantitative estimate of drug-likeness (QED) is 0.663. The van der Waals surface area contributed by atoms with Gasteiger partial charge in [0.05, 0.1) is 0 Å². The van der Waals surface area contributed by atoms with Crippen molar-refractivity contribution in [2.45, 2.75) is 25.6 Å². The predicted octanol–water partition coefficient (Wildman–Crippen LogP) is 0.711. The second kappa shape index (κ2) is 5.42. The molecule has 0 radical (unpaired) electrons. The molecule has 0 fully saturated rings. The summed E-state index contributed by atoms with van der Waals surface area (Å²) in [5.41, 5.74) is 0. The first-order valence-electron chi connectivity index (χ1n) is 4.10. The van der Waals surface area contributed by atoms with E-state index in [1.54, 1.807) is 0 Å². The lowest BCUT2D eigenvalue weighted by molar-refractivity contribution is -0.139. The first-order valence-corrected chi connectivity index (χ1v) is 4.10. The summed E-state index contributed by atoms with van der Waals surface area (Å²) in [5.74, 6) is -1.29. The van der Waals surface area contributed by atoms with Gasteiger partial charge in [0.2, 0.25) is 0 Å². The van der Waals surface area contributed by atoms with Gasteiger partial charge < -0.3 is 15.7 Å². The zero-order chi connectivity index (χ0) is 12.1. The molecule has 0 aromatic rings. The van der Waals surface area contributed by atoms with Crippen LogP contribution >= 0.6 is 0 Å².